The normalized spacial score (nSPS) is 12.2. The molecule has 0 heterocycles. The minimum atomic E-state index is -0.763. The summed E-state index contributed by atoms with van der Waals surface area (Å²) in [5.41, 5.74) is 2.16. The summed E-state index contributed by atoms with van der Waals surface area (Å²) < 4.78 is 5.39. The molecule has 1 N–H and O–H groups in total. The van der Waals surface area contributed by atoms with Crippen LogP contribution in [0, 0.1) is 6.92 Å². The lowest BCUT2D eigenvalue weighted by Gasteiger charge is -2.14. The molecule has 16 heavy (non-hydrogen) atoms. The van der Waals surface area contributed by atoms with Crippen LogP contribution in [-0.2, 0) is 4.79 Å². The highest BCUT2D eigenvalue weighted by Crippen LogP contribution is 2.26. The molecule has 0 bridgehead atoms. The number of aryl methyl sites for hydroxylation is 1. The van der Waals surface area contributed by atoms with Gasteiger partial charge in [-0.3, -0.25) is 4.79 Å². The Balaban J connectivity index is 2.85. The van der Waals surface area contributed by atoms with Crippen LogP contribution in [0.1, 0.15) is 37.3 Å². The van der Waals surface area contributed by atoms with Crippen molar-refractivity contribution in [3.05, 3.63) is 29.3 Å². The predicted octanol–water partition coefficient (Wildman–Crippen LogP) is 2.97. The summed E-state index contributed by atoms with van der Waals surface area (Å²) in [6, 6.07) is 5.80. The number of carboxylic acid groups (broad SMARTS) is 1. The molecule has 88 valence electrons. The Morgan fingerprint density at radius 3 is 2.69 bits per heavy atom. The lowest BCUT2D eigenvalue weighted by Crippen LogP contribution is -2.04. The van der Waals surface area contributed by atoms with Gasteiger partial charge in [0.25, 0.3) is 0 Å². The zero-order valence-electron chi connectivity index (χ0n) is 9.99. The molecular formula is C13H18O3. The summed E-state index contributed by atoms with van der Waals surface area (Å²) >= 11 is 0. The van der Waals surface area contributed by atoms with E-state index in [1.165, 1.54) is 0 Å². The number of carbonyl (C=O) groups is 1. The maximum atomic E-state index is 10.6. The van der Waals surface area contributed by atoms with Gasteiger partial charge in [-0.15, -0.1) is 0 Å². The Morgan fingerprint density at radius 1 is 1.50 bits per heavy atom. The number of hydrogen-bond acceptors (Lipinski definition) is 2. The van der Waals surface area contributed by atoms with E-state index in [0.29, 0.717) is 6.61 Å². The Morgan fingerprint density at radius 2 is 2.19 bits per heavy atom. The van der Waals surface area contributed by atoms with Gasteiger partial charge in [0.1, 0.15) is 5.75 Å². The Bertz CT molecular complexity index is 371. The number of ether oxygens (including phenoxy) is 1. The van der Waals surface area contributed by atoms with Crippen LogP contribution in [0.2, 0.25) is 0 Å². The molecule has 0 saturated carbocycles. The highest BCUT2D eigenvalue weighted by molar-refractivity contribution is 5.68. The standard InChI is InChI=1S/C13H18O3/c1-4-16-11-5-6-12(9(2)7-11)10(3)8-13(14)15/h5-7,10H,4,8H2,1-3H3,(H,14,15). The van der Waals surface area contributed by atoms with Crippen LogP contribution in [0.4, 0.5) is 0 Å². The largest absolute Gasteiger partial charge is 0.494 e. The van der Waals surface area contributed by atoms with Crippen LogP contribution in [0.3, 0.4) is 0 Å². The molecule has 0 aliphatic rings. The average Bonchev–Trinajstić information content (AvgIpc) is 2.16. The minimum Gasteiger partial charge on any atom is -0.494 e. The smallest absolute Gasteiger partial charge is 0.303 e. The fourth-order valence-electron chi connectivity index (χ4n) is 1.83. The van der Waals surface area contributed by atoms with E-state index in [9.17, 15) is 4.79 Å². The second-order valence-electron chi connectivity index (χ2n) is 3.95. The number of benzene rings is 1. The molecule has 0 aliphatic heterocycles. The average molecular weight is 222 g/mol. The van der Waals surface area contributed by atoms with E-state index in [1.54, 1.807) is 0 Å². The van der Waals surface area contributed by atoms with Crippen molar-refractivity contribution in [2.75, 3.05) is 6.61 Å². The first-order valence-electron chi connectivity index (χ1n) is 5.49. The third-order valence-corrected chi connectivity index (χ3v) is 2.56. The zero-order chi connectivity index (χ0) is 12.1. The van der Waals surface area contributed by atoms with Gasteiger partial charge in [0.15, 0.2) is 0 Å². The van der Waals surface area contributed by atoms with Gasteiger partial charge in [0, 0.05) is 0 Å². The van der Waals surface area contributed by atoms with Crippen LogP contribution in [0.5, 0.6) is 5.75 Å². The third kappa shape index (κ3) is 3.26. The molecule has 0 fully saturated rings. The molecule has 1 aromatic carbocycles. The Kier molecular flexibility index (Phi) is 4.35. The first-order chi connectivity index (χ1) is 7.54. The maximum absolute atomic E-state index is 10.6. The molecular weight excluding hydrogens is 204 g/mol. The quantitative estimate of drug-likeness (QED) is 0.833. The molecule has 1 unspecified atom stereocenters. The van der Waals surface area contributed by atoms with E-state index in [-0.39, 0.29) is 12.3 Å². The predicted molar refractivity (Wildman–Crippen MR) is 63.0 cm³/mol. The summed E-state index contributed by atoms with van der Waals surface area (Å²) in [5.74, 6) is 0.111. The van der Waals surface area contributed by atoms with Crippen LogP contribution in [-0.4, -0.2) is 17.7 Å². The topological polar surface area (TPSA) is 46.5 Å². The summed E-state index contributed by atoms with van der Waals surface area (Å²) in [5, 5.41) is 8.75. The fraction of sp³-hybridized carbons (Fsp3) is 0.462. The summed E-state index contributed by atoms with van der Waals surface area (Å²) in [6.45, 7) is 6.49. The van der Waals surface area contributed by atoms with Gasteiger partial charge in [-0.1, -0.05) is 13.0 Å². The van der Waals surface area contributed by atoms with Gasteiger partial charge in [-0.2, -0.15) is 0 Å². The van der Waals surface area contributed by atoms with Crippen LogP contribution in [0.25, 0.3) is 0 Å². The second-order valence-corrected chi connectivity index (χ2v) is 3.95. The molecule has 1 rings (SSSR count). The highest BCUT2D eigenvalue weighted by atomic mass is 16.5. The molecule has 0 radical (unpaired) electrons. The van der Waals surface area contributed by atoms with Crippen molar-refractivity contribution in [1.29, 1.82) is 0 Å². The van der Waals surface area contributed by atoms with Crippen LogP contribution in [0.15, 0.2) is 18.2 Å². The Labute approximate surface area is 96.1 Å². The van der Waals surface area contributed by atoms with Crippen molar-refractivity contribution in [3.8, 4) is 5.75 Å². The van der Waals surface area contributed by atoms with Gasteiger partial charge >= 0.3 is 5.97 Å². The Hall–Kier alpha value is -1.51. The van der Waals surface area contributed by atoms with Crippen molar-refractivity contribution >= 4 is 5.97 Å². The van der Waals surface area contributed by atoms with Crippen LogP contribution >= 0.6 is 0 Å². The molecule has 0 spiro atoms. The van der Waals surface area contributed by atoms with Gasteiger partial charge in [-0.05, 0) is 43.0 Å². The molecule has 0 amide bonds. The molecule has 3 nitrogen and oxygen atoms in total. The van der Waals surface area contributed by atoms with Crippen molar-refractivity contribution in [1.82, 2.24) is 0 Å². The molecule has 3 heteroatoms. The summed E-state index contributed by atoms with van der Waals surface area (Å²) in [4.78, 5) is 10.6. The van der Waals surface area contributed by atoms with Gasteiger partial charge < -0.3 is 9.84 Å². The van der Waals surface area contributed by atoms with Crippen molar-refractivity contribution in [3.63, 3.8) is 0 Å². The van der Waals surface area contributed by atoms with Gasteiger partial charge in [0.05, 0.1) is 13.0 Å². The molecule has 0 aromatic heterocycles. The fourth-order valence-corrected chi connectivity index (χ4v) is 1.83. The summed E-state index contributed by atoms with van der Waals surface area (Å²) in [7, 11) is 0. The minimum absolute atomic E-state index is 0.0353. The summed E-state index contributed by atoms with van der Waals surface area (Å²) in [6.07, 6.45) is 0.162. The monoisotopic (exact) mass is 222 g/mol. The lowest BCUT2D eigenvalue weighted by atomic mass is 9.94. The number of hydrogen-bond donors (Lipinski definition) is 1. The maximum Gasteiger partial charge on any atom is 0.303 e. The number of carboxylic acids is 1. The van der Waals surface area contributed by atoms with E-state index < -0.39 is 5.97 Å². The van der Waals surface area contributed by atoms with E-state index in [1.807, 2.05) is 39.0 Å². The zero-order valence-corrected chi connectivity index (χ0v) is 9.99. The molecule has 1 aromatic rings. The highest BCUT2D eigenvalue weighted by Gasteiger charge is 2.12. The SMILES string of the molecule is CCOc1ccc(C(C)CC(=O)O)c(C)c1. The number of aliphatic carboxylic acids is 1. The van der Waals surface area contributed by atoms with E-state index in [2.05, 4.69) is 0 Å². The molecule has 0 aliphatic carbocycles. The van der Waals surface area contributed by atoms with E-state index in [0.717, 1.165) is 16.9 Å². The van der Waals surface area contributed by atoms with Gasteiger partial charge in [-0.25, -0.2) is 0 Å². The van der Waals surface area contributed by atoms with Crippen molar-refractivity contribution < 1.29 is 14.6 Å². The van der Waals surface area contributed by atoms with Crippen molar-refractivity contribution in [2.24, 2.45) is 0 Å². The van der Waals surface area contributed by atoms with Crippen LogP contribution < -0.4 is 4.74 Å². The lowest BCUT2D eigenvalue weighted by molar-refractivity contribution is -0.137. The molecule has 1 atom stereocenters. The number of rotatable bonds is 5. The first kappa shape index (κ1) is 12.6. The van der Waals surface area contributed by atoms with Crippen molar-refractivity contribution in [2.45, 2.75) is 33.1 Å². The second kappa shape index (κ2) is 5.54. The first-order valence-corrected chi connectivity index (χ1v) is 5.49. The van der Waals surface area contributed by atoms with E-state index in [4.69, 9.17) is 9.84 Å². The third-order valence-electron chi connectivity index (χ3n) is 2.56. The van der Waals surface area contributed by atoms with Gasteiger partial charge in [0.2, 0.25) is 0 Å². The molecule has 0 saturated heterocycles. The van der Waals surface area contributed by atoms with E-state index >= 15 is 0 Å².